The van der Waals surface area contributed by atoms with Gasteiger partial charge in [-0.15, -0.1) is 0 Å². The Kier molecular flexibility index (Phi) is 9.90. The molecule has 2 aromatic carbocycles. The fourth-order valence-electron chi connectivity index (χ4n) is 5.75. The summed E-state index contributed by atoms with van der Waals surface area (Å²) in [6, 6.07) is 14.4. The number of nitrogens with zero attached hydrogens (tertiary/aromatic N) is 1. The van der Waals surface area contributed by atoms with Gasteiger partial charge in [0.15, 0.2) is 0 Å². The summed E-state index contributed by atoms with van der Waals surface area (Å²) >= 11 is 0. The van der Waals surface area contributed by atoms with E-state index in [1.807, 2.05) is 60.4 Å². The molecular formula is C32H42N4O5. The number of benzene rings is 2. The molecule has 0 aromatic heterocycles. The Bertz CT molecular complexity index is 1200. The zero-order valence-corrected chi connectivity index (χ0v) is 23.9. The lowest BCUT2D eigenvalue weighted by molar-refractivity contribution is -0.138. The van der Waals surface area contributed by atoms with Gasteiger partial charge < -0.3 is 25.0 Å². The van der Waals surface area contributed by atoms with Crippen LogP contribution in [0, 0.1) is 12.8 Å². The van der Waals surface area contributed by atoms with E-state index >= 15 is 0 Å². The highest BCUT2D eigenvalue weighted by Gasteiger charge is 2.33. The summed E-state index contributed by atoms with van der Waals surface area (Å²) in [4.78, 5) is 42.5. The first-order valence-corrected chi connectivity index (χ1v) is 14.9. The molecule has 3 aliphatic heterocycles. The van der Waals surface area contributed by atoms with Crippen LogP contribution in [0.15, 0.2) is 48.5 Å². The smallest absolute Gasteiger partial charge is 0.242 e. The topological polar surface area (TPSA) is 109 Å². The number of rotatable bonds is 5. The first-order valence-electron chi connectivity index (χ1n) is 14.9. The van der Waals surface area contributed by atoms with Gasteiger partial charge in [-0.25, -0.2) is 0 Å². The van der Waals surface area contributed by atoms with Crippen molar-refractivity contribution >= 4 is 17.7 Å². The maximum atomic E-state index is 13.7. The van der Waals surface area contributed by atoms with Gasteiger partial charge >= 0.3 is 0 Å². The van der Waals surface area contributed by atoms with Gasteiger partial charge in [-0.3, -0.25) is 19.7 Å². The minimum atomic E-state index is -0.752. The molecule has 1 unspecified atom stereocenters. The molecule has 5 rings (SSSR count). The van der Waals surface area contributed by atoms with E-state index in [0.717, 1.165) is 41.7 Å². The van der Waals surface area contributed by atoms with Gasteiger partial charge in [0, 0.05) is 19.6 Å². The number of hydrogen-bond acceptors (Lipinski definition) is 6. The highest BCUT2D eigenvalue weighted by atomic mass is 16.5. The molecule has 3 atom stereocenters. The highest BCUT2D eigenvalue weighted by Crippen LogP contribution is 2.23. The number of carbonyl (C=O) groups excluding carboxylic acids is 3. The third-order valence-corrected chi connectivity index (χ3v) is 8.41. The van der Waals surface area contributed by atoms with Crippen molar-refractivity contribution in [3.63, 3.8) is 0 Å². The second kappa shape index (κ2) is 14.0. The molecule has 9 heteroatoms. The summed E-state index contributed by atoms with van der Waals surface area (Å²) in [5.41, 5.74) is 3.13. The first kappa shape index (κ1) is 29.1. The van der Waals surface area contributed by atoms with Crippen LogP contribution < -0.4 is 20.7 Å². The summed E-state index contributed by atoms with van der Waals surface area (Å²) < 4.78 is 11.4. The summed E-state index contributed by atoms with van der Waals surface area (Å²) in [6.07, 6.45) is 3.96. The zero-order valence-electron chi connectivity index (χ0n) is 23.9. The van der Waals surface area contributed by atoms with Crippen LogP contribution in [0.3, 0.4) is 0 Å². The average molecular weight is 563 g/mol. The predicted molar refractivity (Wildman–Crippen MR) is 155 cm³/mol. The van der Waals surface area contributed by atoms with E-state index in [1.54, 1.807) is 0 Å². The molecule has 0 spiro atoms. The molecular weight excluding hydrogens is 520 g/mol. The molecule has 3 aliphatic rings. The highest BCUT2D eigenvalue weighted by molar-refractivity contribution is 5.92. The SMILES string of the molecule is Cc1ccc2cc1CNC(=O)[C@H](CCc1ccccc1)NC(=O)[C@@H](NC1COC1)CC(=O)N1CCCC(CCO2)C1. The second-order valence-corrected chi connectivity index (χ2v) is 11.5. The van der Waals surface area contributed by atoms with Gasteiger partial charge in [-0.05, 0) is 73.8 Å². The van der Waals surface area contributed by atoms with E-state index in [2.05, 4.69) is 16.0 Å². The monoisotopic (exact) mass is 562 g/mol. The number of hydrogen-bond donors (Lipinski definition) is 3. The summed E-state index contributed by atoms with van der Waals surface area (Å²) in [5.74, 6) is 0.501. The Balaban J connectivity index is 1.38. The molecule has 41 heavy (non-hydrogen) atoms. The molecule has 0 saturated carbocycles. The van der Waals surface area contributed by atoms with Crippen LogP contribution in [-0.2, 0) is 32.1 Å². The van der Waals surface area contributed by atoms with Crippen LogP contribution in [0.4, 0.5) is 0 Å². The van der Waals surface area contributed by atoms with E-state index < -0.39 is 12.1 Å². The number of amides is 3. The fraction of sp³-hybridized carbons (Fsp3) is 0.531. The van der Waals surface area contributed by atoms with Gasteiger partial charge in [-0.2, -0.15) is 0 Å². The Morgan fingerprint density at radius 3 is 2.63 bits per heavy atom. The lowest BCUT2D eigenvalue weighted by Crippen LogP contribution is -2.59. The van der Waals surface area contributed by atoms with Crippen molar-refractivity contribution in [1.29, 1.82) is 0 Å². The van der Waals surface area contributed by atoms with Crippen LogP contribution in [-0.4, -0.2) is 73.7 Å². The van der Waals surface area contributed by atoms with Crippen LogP contribution in [0.25, 0.3) is 0 Å². The molecule has 2 aromatic rings. The van der Waals surface area contributed by atoms with Crippen molar-refractivity contribution in [3.05, 3.63) is 65.2 Å². The van der Waals surface area contributed by atoms with Crippen LogP contribution in [0.5, 0.6) is 5.75 Å². The molecule has 4 bridgehead atoms. The van der Waals surface area contributed by atoms with E-state index in [1.165, 1.54) is 0 Å². The molecule has 0 aliphatic carbocycles. The molecule has 220 valence electrons. The van der Waals surface area contributed by atoms with Gasteiger partial charge in [0.25, 0.3) is 0 Å². The third kappa shape index (κ3) is 8.07. The number of piperidine rings is 1. The molecule has 3 amide bonds. The van der Waals surface area contributed by atoms with Gasteiger partial charge in [0.1, 0.15) is 11.8 Å². The van der Waals surface area contributed by atoms with Crippen molar-refractivity contribution in [2.75, 3.05) is 32.9 Å². The maximum absolute atomic E-state index is 13.7. The molecule has 3 N–H and O–H groups in total. The minimum absolute atomic E-state index is 0.00880. The molecule has 2 fully saturated rings. The van der Waals surface area contributed by atoms with Crippen LogP contribution in [0.1, 0.15) is 48.8 Å². The van der Waals surface area contributed by atoms with Gasteiger partial charge in [0.05, 0.1) is 38.3 Å². The number of nitrogens with one attached hydrogen (secondary N) is 3. The van der Waals surface area contributed by atoms with Crippen molar-refractivity contribution in [2.45, 2.75) is 70.1 Å². The number of aryl methyl sites for hydroxylation is 2. The second-order valence-electron chi connectivity index (χ2n) is 11.5. The average Bonchev–Trinajstić information content (AvgIpc) is 2.96. The number of fused-ring (bicyclic) bond motifs is 4. The lowest BCUT2D eigenvalue weighted by atomic mass is 9.94. The lowest BCUT2D eigenvalue weighted by Gasteiger charge is -2.35. The molecule has 3 heterocycles. The molecule has 0 radical (unpaired) electrons. The standard InChI is InChI=1S/C32H42N4O5/c1-22-9-11-27-16-25(22)18-33-31(38)28(12-10-23-6-3-2-4-7-23)35-32(39)29(34-26-20-40-21-26)17-30(37)36-14-5-8-24(19-36)13-15-41-27/h2-4,6-7,9,11,16,24,26,28-29,34H,5,8,10,12-15,17-21H2,1H3,(H,33,38)(H,35,39)/t24?,28-,29-/m0/s1. The van der Waals surface area contributed by atoms with E-state index in [0.29, 0.717) is 58.2 Å². The summed E-state index contributed by atoms with van der Waals surface area (Å²) in [6.45, 7) is 5.28. The van der Waals surface area contributed by atoms with E-state index in [9.17, 15) is 14.4 Å². The normalized spacial score (nSPS) is 24.8. The molecule has 2 saturated heterocycles. The minimum Gasteiger partial charge on any atom is -0.494 e. The number of ether oxygens (including phenoxy) is 2. The van der Waals surface area contributed by atoms with Crippen molar-refractivity contribution in [2.24, 2.45) is 5.92 Å². The van der Waals surface area contributed by atoms with Crippen molar-refractivity contribution in [3.8, 4) is 5.75 Å². The van der Waals surface area contributed by atoms with Crippen molar-refractivity contribution < 1.29 is 23.9 Å². The Hall–Kier alpha value is -3.43. The van der Waals surface area contributed by atoms with E-state index in [4.69, 9.17) is 9.47 Å². The van der Waals surface area contributed by atoms with E-state index in [-0.39, 0.29) is 30.2 Å². The Morgan fingerprint density at radius 1 is 1.02 bits per heavy atom. The summed E-state index contributed by atoms with van der Waals surface area (Å²) in [5, 5.41) is 9.34. The summed E-state index contributed by atoms with van der Waals surface area (Å²) in [7, 11) is 0. The maximum Gasteiger partial charge on any atom is 0.242 e. The fourth-order valence-corrected chi connectivity index (χ4v) is 5.75. The third-order valence-electron chi connectivity index (χ3n) is 8.41. The largest absolute Gasteiger partial charge is 0.494 e. The Morgan fingerprint density at radius 2 is 1.85 bits per heavy atom. The first-order chi connectivity index (χ1) is 19.9. The zero-order chi connectivity index (χ0) is 28.6. The Labute approximate surface area is 242 Å². The van der Waals surface area contributed by atoms with Gasteiger partial charge in [-0.1, -0.05) is 36.4 Å². The van der Waals surface area contributed by atoms with Crippen molar-refractivity contribution in [1.82, 2.24) is 20.9 Å². The van der Waals surface area contributed by atoms with Crippen LogP contribution in [0.2, 0.25) is 0 Å². The molecule has 9 nitrogen and oxygen atoms in total. The predicted octanol–water partition coefficient (Wildman–Crippen LogP) is 2.50. The van der Waals surface area contributed by atoms with Gasteiger partial charge in [0.2, 0.25) is 17.7 Å². The quantitative estimate of drug-likeness (QED) is 0.517. The van der Waals surface area contributed by atoms with Crippen LogP contribution >= 0.6 is 0 Å². The number of carbonyl (C=O) groups is 3.